The molecule has 0 aliphatic carbocycles. The van der Waals surface area contributed by atoms with Crippen molar-refractivity contribution >= 4 is 23.5 Å². The number of carbonyl (C=O) groups is 2. The zero-order valence-corrected chi connectivity index (χ0v) is 17.9. The van der Waals surface area contributed by atoms with E-state index in [4.69, 9.17) is 4.74 Å². The SMILES string of the molecule is CCSC1=C(C(=O)O)C(C)=CC(N2CCOCC2)N1CC(=O)CC(C)(C)C. The summed E-state index contributed by atoms with van der Waals surface area (Å²) in [6.45, 7) is 13.1. The van der Waals surface area contributed by atoms with E-state index in [2.05, 4.69) is 4.90 Å². The molecule has 1 fully saturated rings. The maximum absolute atomic E-state index is 12.8. The Balaban J connectivity index is 2.39. The van der Waals surface area contributed by atoms with Crippen molar-refractivity contribution < 1.29 is 19.4 Å². The van der Waals surface area contributed by atoms with Crippen LogP contribution < -0.4 is 0 Å². The number of ether oxygens (including phenoxy) is 1. The van der Waals surface area contributed by atoms with E-state index < -0.39 is 5.97 Å². The Hall–Kier alpha value is -1.31. The van der Waals surface area contributed by atoms with Gasteiger partial charge in [0.05, 0.1) is 30.4 Å². The minimum atomic E-state index is -0.937. The number of morpholine rings is 1. The number of carboxylic acid groups (broad SMARTS) is 1. The van der Waals surface area contributed by atoms with Crippen LogP contribution in [0.15, 0.2) is 22.3 Å². The van der Waals surface area contributed by atoms with Crippen LogP contribution in [-0.4, -0.2) is 71.4 Å². The minimum Gasteiger partial charge on any atom is -0.478 e. The van der Waals surface area contributed by atoms with E-state index >= 15 is 0 Å². The predicted molar refractivity (Wildman–Crippen MR) is 109 cm³/mol. The van der Waals surface area contributed by atoms with Crippen LogP contribution in [0.2, 0.25) is 0 Å². The second-order valence-electron chi connectivity index (χ2n) is 8.23. The number of carboxylic acids is 1. The zero-order chi connectivity index (χ0) is 20.2. The third-order valence-corrected chi connectivity index (χ3v) is 5.58. The van der Waals surface area contributed by atoms with Gasteiger partial charge in [-0.3, -0.25) is 9.69 Å². The highest BCUT2D eigenvalue weighted by Gasteiger charge is 2.35. The van der Waals surface area contributed by atoms with Crippen molar-refractivity contribution in [3.63, 3.8) is 0 Å². The van der Waals surface area contributed by atoms with Gasteiger partial charge in [0.2, 0.25) is 0 Å². The van der Waals surface area contributed by atoms with Gasteiger partial charge in [-0.05, 0) is 29.7 Å². The normalized spacial score (nSPS) is 22.0. The van der Waals surface area contributed by atoms with Crippen LogP contribution in [-0.2, 0) is 14.3 Å². The van der Waals surface area contributed by atoms with Gasteiger partial charge in [-0.15, -0.1) is 11.8 Å². The molecule has 0 aromatic carbocycles. The number of aliphatic carboxylic acids is 1. The van der Waals surface area contributed by atoms with Crippen LogP contribution in [0.5, 0.6) is 0 Å². The van der Waals surface area contributed by atoms with Crippen molar-refractivity contribution in [1.29, 1.82) is 0 Å². The van der Waals surface area contributed by atoms with E-state index in [-0.39, 0.29) is 23.9 Å². The second kappa shape index (κ2) is 9.26. The molecule has 7 heteroatoms. The topological polar surface area (TPSA) is 70.1 Å². The van der Waals surface area contributed by atoms with Crippen molar-refractivity contribution in [2.45, 2.75) is 47.2 Å². The number of carbonyl (C=O) groups excluding carboxylic acids is 1. The quantitative estimate of drug-likeness (QED) is 0.709. The lowest BCUT2D eigenvalue weighted by Crippen LogP contribution is -2.53. The van der Waals surface area contributed by atoms with Gasteiger partial charge >= 0.3 is 5.97 Å². The third kappa shape index (κ3) is 5.83. The lowest BCUT2D eigenvalue weighted by Gasteiger charge is -2.44. The number of Topliss-reactive ketones (excluding diaryl/α,β-unsaturated/α-hetero) is 1. The van der Waals surface area contributed by atoms with Crippen LogP contribution >= 0.6 is 11.8 Å². The van der Waals surface area contributed by atoms with Gasteiger partial charge in [0, 0.05) is 19.5 Å². The average molecular weight is 397 g/mol. The smallest absolute Gasteiger partial charge is 0.338 e. The Morgan fingerprint density at radius 1 is 1.30 bits per heavy atom. The molecule has 0 radical (unpaired) electrons. The molecule has 0 spiro atoms. The number of hydrogen-bond donors (Lipinski definition) is 1. The predicted octanol–water partition coefficient (Wildman–Crippen LogP) is 2.96. The molecule has 1 saturated heterocycles. The fraction of sp³-hybridized carbons (Fsp3) is 0.700. The number of hydrogen-bond acceptors (Lipinski definition) is 6. The summed E-state index contributed by atoms with van der Waals surface area (Å²) in [5.74, 6) is -0.0554. The molecule has 152 valence electrons. The first-order valence-electron chi connectivity index (χ1n) is 9.53. The van der Waals surface area contributed by atoms with Gasteiger partial charge in [0.25, 0.3) is 0 Å². The van der Waals surface area contributed by atoms with Crippen molar-refractivity contribution in [3.05, 3.63) is 22.3 Å². The first-order chi connectivity index (χ1) is 12.6. The molecular formula is C20H32N2O4S. The number of nitrogens with zero attached hydrogens (tertiary/aromatic N) is 2. The van der Waals surface area contributed by atoms with Gasteiger partial charge < -0.3 is 14.7 Å². The molecular weight excluding hydrogens is 364 g/mol. The van der Waals surface area contributed by atoms with E-state index in [0.717, 1.165) is 24.4 Å². The maximum atomic E-state index is 12.8. The number of rotatable bonds is 7. The summed E-state index contributed by atoms with van der Waals surface area (Å²) in [5.41, 5.74) is 0.981. The first-order valence-corrected chi connectivity index (χ1v) is 10.5. The monoisotopic (exact) mass is 396 g/mol. The van der Waals surface area contributed by atoms with Crippen molar-refractivity contribution in [2.24, 2.45) is 5.41 Å². The fourth-order valence-corrected chi connectivity index (χ4v) is 4.53. The molecule has 0 amide bonds. The molecule has 27 heavy (non-hydrogen) atoms. The third-order valence-electron chi connectivity index (χ3n) is 4.58. The number of thioether (sulfide) groups is 1. The lowest BCUT2D eigenvalue weighted by atomic mass is 9.89. The highest BCUT2D eigenvalue weighted by Crippen LogP contribution is 2.36. The van der Waals surface area contributed by atoms with E-state index in [1.807, 2.05) is 45.6 Å². The lowest BCUT2D eigenvalue weighted by molar-refractivity contribution is -0.133. The second-order valence-corrected chi connectivity index (χ2v) is 9.49. The Kier molecular flexibility index (Phi) is 7.54. The summed E-state index contributed by atoms with van der Waals surface area (Å²) in [6, 6.07) is 0. The van der Waals surface area contributed by atoms with E-state index in [1.165, 1.54) is 11.8 Å². The molecule has 1 atom stereocenters. The van der Waals surface area contributed by atoms with Gasteiger partial charge in [-0.1, -0.05) is 27.7 Å². The summed E-state index contributed by atoms with van der Waals surface area (Å²) in [7, 11) is 0. The van der Waals surface area contributed by atoms with Crippen molar-refractivity contribution in [1.82, 2.24) is 9.80 Å². The molecule has 1 unspecified atom stereocenters. The van der Waals surface area contributed by atoms with Crippen LogP contribution in [0, 0.1) is 5.41 Å². The summed E-state index contributed by atoms with van der Waals surface area (Å²) in [4.78, 5) is 29.0. The summed E-state index contributed by atoms with van der Waals surface area (Å²) in [5, 5.41) is 10.5. The molecule has 2 aliphatic heterocycles. The Morgan fingerprint density at radius 3 is 2.44 bits per heavy atom. The van der Waals surface area contributed by atoms with E-state index in [1.54, 1.807) is 0 Å². The molecule has 0 aromatic rings. The fourth-order valence-electron chi connectivity index (χ4n) is 3.53. The molecule has 2 rings (SSSR count). The zero-order valence-electron chi connectivity index (χ0n) is 17.1. The van der Waals surface area contributed by atoms with E-state index in [0.29, 0.717) is 30.2 Å². The Labute approximate surface area is 166 Å². The Morgan fingerprint density at radius 2 is 1.93 bits per heavy atom. The highest BCUT2D eigenvalue weighted by atomic mass is 32.2. The largest absolute Gasteiger partial charge is 0.478 e. The van der Waals surface area contributed by atoms with Crippen LogP contribution in [0.1, 0.15) is 41.0 Å². The first kappa shape index (κ1) is 22.0. The van der Waals surface area contributed by atoms with Gasteiger partial charge in [-0.2, -0.15) is 0 Å². The minimum absolute atomic E-state index is 0.0928. The molecule has 0 bridgehead atoms. The highest BCUT2D eigenvalue weighted by molar-refractivity contribution is 8.03. The number of ketones is 1. The average Bonchev–Trinajstić information content (AvgIpc) is 2.56. The van der Waals surface area contributed by atoms with Crippen LogP contribution in [0.25, 0.3) is 0 Å². The van der Waals surface area contributed by atoms with Crippen molar-refractivity contribution in [3.8, 4) is 0 Å². The molecule has 0 saturated carbocycles. The van der Waals surface area contributed by atoms with E-state index in [9.17, 15) is 14.7 Å². The Bertz CT molecular complexity index is 630. The molecule has 6 nitrogen and oxygen atoms in total. The molecule has 1 N–H and O–H groups in total. The summed E-state index contributed by atoms with van der Waals surface area (Å²) >= 11 is 1.50. The molecule has 0 aromatic heterocycles. The molecule has 2 heterocycles. The van der Waals surface area contributed by atoms with Gasteiger partial charge in [0.1, 0.15) is 6.17 Å². The standard InChI is InChI=1S/C20H32N2O4S/c1-6-27-18-17(19(24)25)14(2)11-16(21-7-9-26-10-8-21)22(18)13-15(23)12-20(3,4)5/h11,16H,6-10,12-13H2,1-5H3,(H,24,25). The van der Waals surface area contributed by atoms with Crippen molar-refractivity contribution in [2.75, 3.05) is 38.6 Å². The van der Waals surface area contributed by atoms with Gasteiger partial charge in [-0.25, -0.2) is 4.79 Å². The van der Waals surface area contributed by atoms with Crippen LogP contribution in [0.3, 0.4) is 0 Å². The molecule has 2 aliphatic rings. The van der Waals surface area contributed by atoms with Gasteiger partial charge in [0.15, 0.2) is 5.78 Å². The van der Waals surface area contributed by atoms with Crippen LogP contribution in [0.4, 0.5) is 0 Å². The summed E-state index contributed by atoms with van der Waals surface area (Å²) < 4.78 is 5.47. The maximum Gasteiger partial charge on any atom is 0.338 e. The summed E-state index contributed by atoms with van der Waals surface area (Å²) in [6.07, 6.45) is 2.34.